The molecule has 18 heavy (non-hydrogen) atoms. The van der Waals surface area contributed by atoms with Gasteiger partial charge in [-0.1, -0.05) is 17.3 Å². The maximum absolute atomic E-state index is 5.84. The Morgan fingerprint density at radius 2 is 2.17 bits per heavy atom. The normalized spacial score (nSPS) is 10.7. The molecule has 0 aliphatic rings. The molecule has 0 saturated carbocycles. The van der Waals surface area contributed by atoms with Crippen LogP contribution in [0.1, 0.15) is 22.6 Å². The van der Waals surface area contributed by atoms with Crippen molar-refractivity contribution in [3.8, 4) is 5.75 Å². The maximum atomic E-state index is 5.84. The predicted octanol–water partition coefficient (Wildman–Crippen LogP) is 3.09. The monoisotopic (exact) mass is 310 g/mol. The molecule has 0 spiro atoms. The predicted molar refractivity (Wildman–Crippen MR) is 72.3 cm³/mol. The SMILES string of the molecule is Cc1noc(C)c1COc1c(Br)cccc1CN. The van der Waals surface area contributed by atoms with E-state index in [4.69, 9.17) is 15.0 Å². The second kappa shape index (κ2) is 5.54. The van der Waals surface area contributed by atoms with Gasteiger partial charge in [-0.2, -0.15) is 0 Å². The largest absolute Gasteiger partial charge is 0.487 e. The van der Waals surface area contributed by atoms with Crippen molar-refractivity contribution in [1.29, 1.82) is 0 Å². The van der Waals surface area contributed by atoms with E-state index >= 15 is 0 Å². The van der Waals surface area contributed by atoms with Crippen LogP contribution in [0.3, 0.4) is 0 Å². The molecule has 0 atom stereocenters. The Morgan fingerprint density at radius 1 is 1.39 bits per heavy atom. The Kier molecular flexibility index (Phi) is 4.04. The number of ether oxygens (including phenoxy) is 1. The average Bonchev–Trinajstić information content (AvgIpc) is 2.68. The van der Waals surface area contributed by atoms with Crippen molar-refractivity contribution in [2.24, 2.45) is 5.73 Å². The molecule has 0 amide bonds. The molecule has 96 valence electrons. The van der Waals surface area contributed by atoms with Crippen molar-refractivity contribution in [1.82, 2.24) is 5.16 Å². The number of rotatable bonds is 4. The molecule has 0 aliphatic heterocycles. The number of halogens is 1. The van der Waals surface area contributed by atoms with Gasteiger partial charge in [0.05, 0.1) is 15.7 Å². The summed E-state index contributed by atoms with van der Waals surface area (Å²) in [5.74, 6) is 1.56. The van der Waals surface area contributed by atoms with Gasteiger partial charge in [-0.3, -0.25) is 0 Å². The van der Waals surface area contributed by atoms with Crippen molar-refractivity contribution < 1.29 is 9.26 Å². The fourth-order valence-electron chi connectivity index (χ4n) is 1.73. The van der Waals surface area contributed by atoms with Crippen LogP contribution in [-0.2, 0) is 13.2 Å². The van der Waals surface area contributed by atoms with Gasteiger partial charge in [-0.15, -0.1) is 0 Å². The lowest BCUT2D eigenvalue weighted by Crippen LogP contribution is -2.04. The second-order valence-electron chi connectivity index (χ2n) is 4.02. The number of benzene rings is 1. The van der Waals surface area contributed by atoms with E-state index in [1.807, 2.05) is 32.0 Å². The molecule has 0 saturated heterocycles. The lowest BCUT2D eigenvalue weighted by molar-refractivity contribution is 0.297. The van der Waals surface area contributed by atoms with Crippen LogP contribution in [-0.4, -0.2) is 5.16 Å². The van der Waals surface area contributed by atoms with E-state index in [1.54, 1.807) is 0 Å². The van der Waals surface area contributed by atoms with Gasteiger partial charge in [-0.25, -0.2) is 0 Å². The van der Waals surface area contributed by atoms with Crippen molar-refractivity contribution in [2.45, 2.75) is 27.0 Å². The summed E-state index contributed by atoms with van der Waals surface area (Å²) >= 11 is 3.47. The standard InChI is InChI=1S/C13H15BrN2O2/c1-8-11(9(2)18-16-8)7-17-13-10(6-15)4-3-5-12(13)14/h3-5H,6-7,15H2,1-2H3. The summed E-state index contributed by atoms with van der Waals surface area (Å²) in [6.07, 6.45) is 0. The van der Waals surface area contributed by atoms with E-state index in [9.17, 15) is 0 Å². The van der Waals surface area contributed by atoms with Gasteiger partial charge in [0.1, 0.15) is 18.1 Å². The molecule has 0 unspecified atom stereocenters. The van der Waals surface area contributed by atoms with Crippen molar-refractivity contribution in [3.05, 3.63) is 45.3 Å². The van der Waals surface area contributed by atoms with Crippen LogP contribution in [0.2, 0.25) is 0 Å². The van der Waals surface area contributed by atoms with Gasteiger partial charge >= 0.3 is 0 Å². The number of aromatic nitrogens is 1. The number of hydrogen-bond donors (Lipinski definition) is 1. The molecule has 2 N–H and O–H groups in total. The third-order valence-corrected chi connectivity index (χ3v) is 3.43. The van der Waals surface area contributed by atoms with Crippen LogP contribution in [0.4, 0.5) is 0 Å². The molecule has 2 rings (SSSR count). The summed E-state index contributed by atoms with van der Waals surface area (Å²) in [5.41, 5.74) is 8.50. The highest BCUT2D eigenvalue weighted by atomic mass is 79.9. The molecule has 1 aromatic carbocycles. The molecular weight excluding hydrogens is 296 g/mol. The maximum Gasteiger partial charge on any atom is 0.140 e. The minimum absolute atomic E-state index is 0.427. The van der Waals surface area contributed by atoms with E-state index in [2.05, 4.69) is 21.1 Å². The van der Waals surface area contributed by atoms with Crippen LogP contribution in [0.25, 0.3) is 0 Å². The third-order valence-electron chi connectivity index (χ3n) is 2.81. The molecule has 0 fully saturated rings. The Balaban J connectivity index is 2.20. The quantitative estimate of drug-likeness (QED) is 0.942. The van der Waals surface area contributed by atoms with Crippen molar-refractivity contribution in [2.75, 3.05) is 0 Å². The van der Waals surface area contributed by atoms with Crippen LogP contribution in [0, 0.1) is 13.8 Å². The molecule has 1 aromatic heterocycles. The number of para-hydroxylation sites is 1. The molecule has 1 heterocycles. The molecule has 0 bridgehead atoms. The molecule has 4 nitrogen and oxygen atoms in total. The first-order chi connectivity index (χ1) is 8.63. The van der Waals surface area contributed by atoms with Crippen LogP contribution in [0.5, 0.6) is 5.75 Å². The Bertz CT molecular complexity index is 532. The smallest absolute Gasteiger partial charge is 0.140 e. The van der Waals surface area contributed by atoms with Crippen LogP contribution < -0.4 is 10.5 Å². The molecule has 0 aliphatic carbocycles. The fraction of sp³-hybridized carbons (Fsp3) is 0.308. The number of hydrogen-bond acceptors (Lipinski definition) is 4. The lowest BCUT2D eigenvalue weighted by Gasteiger charge is -2.12. The topological polar surface area (TPSA) is 61.3 Å². The summed E-state index contributed by atoms with van der Waals surface area (Å²) in [4.78, 5) is 0. The Morgan fingerprint density at radius 3 is 2.78 bits per heavy atom. The Hall–Kier alpha value is -1.33. The first kappa shape index (κ1) is 13.1. The first-order valence-corrected chi connectivity index (χ1v) is 6.44. The van der Waals surface area contributed by atoms with Gasteiger partial charge in [0.2, 0.25) is 0 Å². The molecular formula is C13H15BrN2O2. The van der Waals surface area contributed by atoms with E-state index in [1.165, 1.54) is 0 Å². The number of nitrogens with zero attached hydrogens (tertiary/aromatic N) is 1. The summed E-state index contributed by atoms with van der Waals surface area (Å²) in [6, 6.07) is 5.82. The molecule has 5 heteroatoms. The van der Waals surface area contributed by atoms with E-state index in [0.29, 0.717) is 13.2 Å². The molecule has 2 aromatic rings. The summed E-state index contributed by atoms with van der Waals surface area (Å²) < 4.78 is 11.8. The molecule has 0 radical (unpaired) electrons. The van der Waals surface area contributed by atoms with Crippen LogP contribution in [0.15, 0.2) is 27.2 Å². The summed E-state index contributed by atoms with van der Waals surface area (Å²) in [5, 5.41) is 3.90. The van der Waals surface area contributed by atoms with Gasteiger partial charge in [0.15, 0.2) is 0 Å². The van der Waals surface area contributed by atoms with Crippen LogP contribution >= 0.6 is 15.9 Å². The fourth-order valence-corrected chi connectivity index (χ4v) is 2.25. The number of aryl methyl sites for hydroxylation is 2. The van der Waals surface area contributed by atoms with Gasteiger partial charge in [-0.05, 0) is 35.8 Å². The Labute approximate surface area is 114 Å². The number of nitrogens with two attached hydrogens (primary N) is 1. The van der Waals surface area contributed by atoms with Gasteiger partial charge in [0.25, 0.3) is 0 Å². The minimum atomic E-state index is 0.427. The van der Waals surface area contributed by atoms with Gasteiger partial charge in [0, 0.05) is 12.1 Å². The lowest BCUT2D eigenvalue weighted by atomic mass is 10.2. The third kappa shape index (κ3) is 2.57. The zero-order valence-electron chi connectivity index (χ0n) is 10.4. The van der Waals surface area contributed by atoms with E-state index in [-0.39, 0.29) is 0 Å². The average molecular weight is 311 g/mol. The van der Waals surface area contributed by atoms with Crippen molar-refractivity contribution >= 4 is 15.9 Å². The summed E-state index contributed by atoms with van der Waals surface area (Å²) in [6.45, 7) is 4.65. The highest BCUT2D eigenvalue weighted by Crippen LogP contribution is 2.30. The second-order valence-corrected chi connectivity index (χ2v) is 4.88. The highest BCUT2D eigenvalue weighted by molar-refractivity contribution is 9.10. The van der Waals surface area contributed by atoms with Gasteiger partial charge < -0.3 is 15.0 Å². The van der Waals surface area contributed by atoms with E-state index in [0.717, 1.165) is 32.8 Å². The van der Waals surface area contributed by atoms with E-state index < -0.39 is 0 Å². The first-order valence-electron chi connectivity index (χ1n) is 5.65. The zero-order chi connectivity index (χ0) is 13.1. The minimum Gasteiger partial charge on any atom is -0.487 e. The van der Waals surface area contributed by atoms with Crippen molar-refractivity contribution in [3.63, 3.8) is 0 Å². The summed E-state index contributed by atoms with van der Waals surface area (Å²) in [7, 11) is 0. The highest BCUT2D eigenvalue weighted by Gasteiger charge is 2.12. The zero-order valence-corrected chi connectivity index (χ0v) is 12.0.